The van der Waals surface area contributed by atoms with Crippen LogP contribution in [0.2, 0.25) is 0 Å². The van der Waals surface area contributed by atoms with Gasteiger partial charge in [-0.05, 0) is 57.2 Å². The van der Waals surface area contributed by atoms with Crippen molar-refractivity contribution in [1.82, 2.24) is 0 Å². The molecule has 0 unspecified atom stereocenters. The molecular weight excluding hydrogens is 334 g/mol. The van der Waals surface area contributed by atoms with E-state index in [1.165, 1.54) is 13.8 Å². The van der Waals surface area contributed by atoms with Crippen LogP contribution >= 0.6 is 0 Å². The van der Waals surface area contributed by atoms with Crippen LogP contribution in [0, 0.1) is 0 Å². The third-order valence-corrected chi connectivity index (χ3v) is 3.59. The molecule has 0 aliphatic rings. The molecule has 136 valence electrons. The lowest BCUT2D eigenvalue weighted by Gasteiger charge is -2.14. The molecule has 0 aromatic heterocycles. The summed E-state index contributed by atoms with van der Waals surface area (Å²) in [7, 11) is 0. The number of hydrogen-bond acceptors (Lipinski definition) is 5. The summed E-state index contributed by atoms with van der Waals surface area (Å²) in [6, 6.07) is 13.0. The molecule has 0 spiro atoms. The van der Waals surface area contributed by atoms with Gasteiger partial charge in [0.15, 0.2) is 11.9 Å². The van der Waals surface area contributed by atoms with E-state index in [1.807, 2.05) is 6.92 Å². The molecule has 6 heteroatoms. The summed E-state index contributed by atoms with van der Waals surface area (Å²) < 4.78 is 10.5. The quantitative estimate of drug-likeness (QED) is 0.607. The molecular formula is C20H21NO5. The van der Waals surface area contributed by atoms with E-state index in [4.69, 9.17) is 9.47 Å². The number of Topliss-reactive ketones (excluding diaryl/α,β-unsaturated/α-hetero) is 1. The van der Waals surface area contributed by atoms with Gasteiger partial charge in [-0.3, -0.25) is 9.59 Å². The van der Waals surface area contributed by atoms with Gasteiger partial charge in [-0.25, -0.2) is 4.79 Å². The Morgan fingerprint density at radius 3 is 2.35 bits per heavy atom. The molecule has 0 fully saturated rings. The molecule has 6 nitrogen and oxygen atoms in total. The highest BCUT2D eigenvalue weighted by Gasteiger charge is 2.19. The molecule has 0 heterocycles. The van der Waals surface area contributed by atoms with Crippen LogP contribution in [0.1, 0.15) is 41.5 Å². The van der Waals surface area contributed by atoms with E-state index in [0.717, 1.165) is 0 Å². The topological polar surface area (TPSA) is 81.7 Å². The number of hydrogen-bond donors (Lipinski definition) is 1. The van der Waals surface area contributed by atoms with E-state index < -0.39 is 18.0 Å². The Labute approximate surface area is 152 Å². The number of rotatable bonds is 7. The zero-order valence-electron chi connectivity index (χ0n) is 14.9. The van der Waals surface area contributed by atoms with Crippen LogP contribution in [0.3, 0.4) is 0 Å². The summed E-state index contributed by atoms with van der Waals surface area (Å²) in [5.74, 6) is -0.533. The van der Waals surface area contributed by atoms with Gasteiger partial charge in [-0.2, -0.15) is 0 Å². The Kier molecular flexibility index (Phi) is 6.49. The van der Waals surface area contributed by atoms with Gasteiger partial charge >= 0.3 is 5.97 Å². The average molecular weight is 355 g/mol. The number of amides is 1. The Morgan fingerprint density at radius 2 is 1.73 bits per heavy atom. The van der Waals surface area contributed by atoms with Crippen molar-refractivity contribution in [3.63, 3.8) is 0 Å². The van der Waals surface area contributed by atoms with Crippen LogP contribution < -0.4 is 10.1 Å². The first-order valence-corrected chi connectivity index (χ1v) is 8.26. The molecule has 0 saturated heterocycles. The fourth-order valence-corrected chi connectivity index (χ4v) is 2.20. The highest BCUT2D eigenvalue weighted by atomic mass is 16.5. The number of carbonyl (C=O) groups excluding carboxylic acids is 3. The zero-order chi connectivity index (χ0) is 19.1. The summed E-state index contributed by atoms with van der Waals surface area (Å²) in [6.45, 7) is 5.33. The maximum absolute atomic E-state index is 12.2. The summed E-state index contributed by atoms with van der Waals surface area (Å²) in [6.07, 6.45) is -0.991. The number of anilines is 1. The second-order valence-electron chi connectivity index (χ2n) is 5.63. The molecule has 0 aliphatic carbocycles. The van der Waals surface area contributed by atoms with Gasteiger partial charge in [0.2, 0.25) is 0 Å². The first-order chi connectivity index (χ1) is 12.4. The number of carbonyl (C=O) groups is 3. The van der Waals surface area contributed by atoms with Crippen LogP contribution in [0.4, 0.5) is 5.69 Å². The summed E-state index contributed by atoms with van der Waals surface area (Å²) in [5, 5.41) is 2.63. The monoisotopic (exact) mass is 355 g/mol. The maximum Gasteiger partial charge on any atom is 0.338 e. The summed E-state index contributed by atoms with van der Waals surface area (Å²) in [5.41, 5.74) is 1.28. The first-order valence-electron chi connectivity index (χ1n) is 8.26. The lowest BCUT2D eigenvalue weighted by atomic mass is 10.1. The van der Waals surface area contributed by atoms with Crippen LogP contribution in [-0.2, 0) is 9.53 Å². The largest absolute Gasteiger partial charge is 0.494 e. The SMILES string of the molecule is CCOc1ccc(C(=O)O[C@@H](C)C(=O)Nc2cccc(C(C)=O)c2)cc1. The third kappa shape index (κ3) is 5.17. The lowest BCUT2D eigenvalue weighted by Crippen LogP contribution is -2.30. The predicted molar refractivity (Wildman–Crippen MR) is 97.6 cm³/mol. The van der Waals surface area contributed by atoms with Crippen molar-refractivity contribution in [2.24, 2.45) is 0 Å². The van der Waals surface area contributed by atoms with Crippen LogP contribution in [0.15, 0.2) is 48.5 Å². The molecule has 0 radical (unpaired) electrons. The molecule has 1 atom stereocenters. The smallest absolute Gasteiger partial charge is 0.338 e. The van der Waals surface area contributed by atoms with Crippen LogP contribution in [0.25, 0.3) is 0 Å². The Hall–Kier alpha value is -3.15. The molecule has 0 aliphatic heterocycles. The molecule has 2 aromatic rings. The van der Waals surface area contributed by atoms with Gasteiger partial charge in [0.05, 0.1) is 12.2 Å². The maximum atomic E-state index is 12.2. The van der Waals surface area contributed by atoms with E-state index in [1.54, 1.807) is 48.5 Å². The van der Waals surface area contributed by atoms with E-state index in [9.17, 15) is 14.4 Å². The van der Waals surface area contributed by atoms with Crippen molar-refractivity contribution in [2.45, 2.75) is 26.9 Å². The minimum Gasteiger partial charge on any atom is -0.494 e. The Bertz CT molecular complexity index is 798. The van der Waals surface area contributed by atoms with Crippen LogP contribution in [0.5, 0.6) is 5.75 Å². The average Bonchev–Trinajstić information content (AvgIpc) is 2.62. The summed E-state index contributed by atoms with van der Waals surface area (Å²) in [4.78, 5) is 35.7. The zero-order valence-corrected chi connectivity index (χ0v) is 14.9. The fourth-order valence-electron chi connectivity index (χ4n) is 2.20. The number of nitrogens with one attached hydrogen (secondary N) is 1. The van der Waals surface area contributed by atoms with Gasteiger partial charge in [0, 0.05) is 11.3 Å². The minimum absolute atomic E-state index is 0.101. The highest BCUT2D eigenvalue weighted by Crippen LogP contribution is 2.15. The van der Waals surface area contributed by atoms with Crippen molar-refractivity contribution >= 4 is 23.3 Å². The van der Waals surface area contributed by atoms with E-state index in [-0.39, 0.29) is 5.78 Å². The predicted octanol–water partition coefficient (Wildman–Crippen LogP) is 3.47. The van der Waals surface area contributed by atoms with Crippen LogP contribution in [-0.4, -0.2) is 30.4 Å². The fraction of sp³-hybridized carbons (Fsp3) is 0.250. The number of ketones is 1. The lowest BCUT2D eigenvalue weighted by molar-refractivity contribution is -0.123. The normalized spacial score (nSPS) is 11.3. The molecule has 26 heavy (non-hydrogen) atoms. The van der Waals surface area contributed by atoms with E-state index in [2.05, 4.69) is 5.32 Å². The molecule has 1 amide bonds. The molecule has 0 saturated carbocycles. The van der Waals surface area contributed by atoms with E-state index in [0.29, 0.717) is 29.2 Å². The number of benzene rings is 2. The number of ether oxygens (including phenoxy) is 2. The van der Waals surface area contributed by atoms with Gasteiger partial charge in [-0.1, -0.05) is 12.1 Å². The Morgan fingerprint density at radius 1 is 1.04 bits per heavy atom. The standard InChI is InChI=1S/C20H21NO5/c1-4-25-18-10-8-15(9-11-18)20(24)26-14(3)19(23)21-17-7-5-6-16(12-17)13(2)22/h5-12,14H,4H2,1-3H3,(H,21,23)/t14-/m0/s1. The van der Waals surface area contributed by atoms with Gasteiger partial charge in [-0.15, -0.1) is 0 Å². The van der Waals surface area contributed by atoms with Gasteiger partial charge in [0.25, 0.3) is 5.91 Å². The van der Waals surface area contributed by atoms with Crippen molar-refractivity contribution < 1.29 is 23.9 Å². The molecule has 0 bridgehead atoms. The molecule has 2 rings (SSSR count). The first kappa shape index (κ1) is 19.2. The summed E-state index contributed by atoms with van der Waals surface area (Å²) >= 11 is 0. The second kappa shape index (κ2) is 8.80. The van der Waals surface area contributed by atoms with Gasteiger partial charge < -0.3 is 14.8 Å². The third-order valence-electron chi connectivity index (χ3n) is 3.59. The van der Waals surface area contributed by atoms with Crippen molar-refractivity contribution in [3.8, 4) is 5.75 Å². The van der Waals surface area contributed by atoms with Gasteiger partial charge in [0.1, 0.15) is 5.75 Å². The van der Waals surface area contributed by atoms with Crippen molar-refractivity contribution in [1.29, 1.82) is 0 Å². The minimum atomic E-state index is -0.991. The van der Waals surface area contributed by atoms with Crippen molar-refractivity contribution in [3.05, 3.63) is 59.7 Å². The highest BCUT2D eigenvalue weighted by molar-refractivity contribution is 5.99. The molecule has 2 aromatic carbocycles. The molecule has 1 N–H and O–H groups in total. The second-order valence-corrected chi connectivity index (χ2v) is 5.63. The number of esters is 1. The van der Waals surface area contributed by atoms with Crippen molar-refractivity contribution in [2.75, 3.05) is 11.9 Å². The Balaban J connectivity index is 1.96. The van der Waals surface area contributed by atoms with E-state index >= 15 is 0 Å².